The molecule has 0 saturated heterocycles. The van der Waals surface area contributed by atoms with Crippen molar-refractivity contribution in [1.82, 2.24) is 4.90 Å². The maximum atomic E-state index is 11.8. The quantitative estimate of drug-likeness (QED) is 0.834. The molecular weight excluding hydrogens is 250 g/mol. The molecule has 5 heteroatoms. The normalized spacial score (nSPS) is 10.2. The Kier molecular flexibility index (Phi) is 5.28. The van der Waals surface area contributed by atoms with Crippen LogP contribution in [-0.4, -0.2) is 38.0 Å². The van der Waals surface area contributed by atoms with Crippen LogP contribution in [-0.2, 0) is 4.79 Å². The fourth-order valence-electron chi connectivity index (χ4n) is 1.66. The van der Waals surface area contributed by atoms with E-state index in [1.807, 2.05) is 17.0 Å². The van der Waals surface area contributed by atoms with Crippen LogP contribution in [0.1, 0.15) is 13.3 Å². The van der Waals surface area contributed by atoms with Gasteiger partial charge in [-0.15, -0.1) is 0 Å². The van der Waals surface area contributed by atoms with E-state index >= 15 is 0 Å². The summed E-state index contributed by atoms with van der Waals surface area (Å²) in [6.07, 6.45) is 0.937. The van der Waals surface area contributed by atoms with Gasteiger partial charge in [0.1, 0.15) is 0 Å². The predicted molar refractivity (Wildman–Crippen MR) is 77.1 cm³/mol. The third kappa shape index (κ3) is 3.53. The summed E-state index contributed by atoms with van der Waals surface area (Å²) in [6, 6.07) is 5.48. The van der Waals surface area contributed by atoms with Crippen LogP contribution in [0.15, 0.2) is 18.2 Å². The molecule has 0 fully saturated rings. The lowest BCUT2D eigenvalue weighted by Gasteiger charge is -2.26. The Hall–Kier alpha value is -1.42. The van der Waals surface area contributed by atoms with E-state index in [1.54, 1.807) is 25.1 Å². The molecule has 1 rings (SSSR count). The van der Waals surface area contributed by atoms with Crippen molar-refractivity contribution in [1.29, 1.82) is 0 Å². The van der Waals surface area contributed by atoms with Crippen LogP contribution in [0.5, 0.6) is 0 Å². The largest absolute Gasteiger partial charge is 0.396 e. The Morgan fingerprint density at radius 3 is 2.61 bits per heavy atom. The molecule has 0 unspecified atom stereocenters. The maximum Gasteiger partial charge on any atom is 0.241 e. The van der Waals surface area contributed by atoms with Crippen molar-refractivity contribution in [3.8, 4) is 0 Å². The molecule has 0 atom stereocenters. The first kappa shape index (κ1) is 14.6. The molecule has 0 radical (unpaired) electrons. The minimum absolute atomic E-state index is 0.0443. The van der Waals surface area contributed by atoms with Crippen molar-refractivity contribution >= 4 is 28.9 Å². The van der Waals surface area contributed by atoms with Gasteiger partial charge in [0.05, 0.1) is 22.9 Å². The summed E-state index contributed by atoms with van der Waals surface area (Å²) >= 11 is 6.01. The van der Waals surface area contributed by atoms with Gasteiger partial charge in [-0.2, -0.15) is 0 Å². The molecule has 0 heterocycles. The highest BCUT2D eigenvalue weighted by Gasteiger charge is 2.15. The van der Waals surface area contributed by atoms with Crippen LogP contribution in [0.2, 0.25) is 5.02 Å². The van der Waals surface area contributed by atoms with E-state index in [0.717, 1.165) is 18.7 Å². The third-order valence-electron chi connectivity index (χ3n) is 2.69. The molecule has 0 spiro atoms. The molecule has 0 aliphatic heterocycles. The Balaban J connectivity index is 2.97. The highest BCUT2D eigenvalue weighted by atomic mass is 35.5. The molecule has 0 aliphatic carbocycles. The van der Waals surface area contributed by atoms with Gasteiger partial charge in [-0.25, -0.2) is 0 Å². The van der Waals surface area contributed by atoms with Gasteiger partial charge in [-0.05, 0) is 18.6 Å². The van der Waals surface area contributed by atoms with Crippen LogP contribution < -0.4 is 10.6 Å². The van der Waals surface area contributed by atoms with Crippen LogP contribution >= 0.6 is 11.6 Å². The second-order valence-electron chi connectivity index (χ2n) is 4.38. The van der Waals surface area contributed by atoms with Crippen molar-refractivity contribution in [3.05, 3.63) is 23.2 Å². The van der Waals surface area contributed by atoms with Gasteiger partial charge in [-0.1, -0.05) is 24.6 Å². The number of benzene rings is 1. The number of halogens is 1. The van der Waals surface area contributed by atoms with E-state index in [9.17, 15) is 4.79 Å². The lowest BCUT2D eigenvalue weighted by Crippen LogP contribution is -2.37. The van der Waals surface area contributed by atoms with E-state index in [2.05, 4.69) is 6.92 Å². The molecular formula is C13H20ClN3O. The number of carbonyl (C=O) groups is 1. The number of para-hydroxylation sites is 1. The smallest absolute Gasteiger partial charge is 0.241 e. The van der Waals surface area contributed by atoms with Gasteiger partial charge < -0.3 is 15.5 Å². The number of carbonyl (C=O) groups excluding carboxylic acids is 1. The first-order valence-electron chi connectivity index (χ1n) is 5.96. The molecule has 2 N–H and O–H groups in total. The van der Waals surface area contributed by atoms with Gasteiger partial charge in [0, 0.05) is 20.6 Å². The average Bonchev–Trinajstić information content (AvgIpc) is 2.32. The fraction of sp³-hybridized carbons (Fsp3) is 0.462. The van der Waals surface area contributed by atoms with Crippen LogP contribution in [0.3, 0.4) is 0 Å². The molecule has 4 nitrogen and oxygen atoms in total. The lowest BCUT2D eigenvalue weighted by molar-refractivity contribution is -0.127. The summed E-state index contributed by atoms with van der Waals surface area (Å²) in [5.41, 5.74) is 7.31. The number of rotatable bonds is 5. The van der Waals surface area contributed by atoms with Crippen molar-refractivity contribution < 1.29 is 4.79 Å². The Labute approximate surface area is 113 Å². The highest BCUT2D eigenvalue weighted by Crippen LogP contribution is 2.30. The van der Waals surface area contributed by atoms with E-state index in [1.165, 1.54) is 0 Å². The van der Waals surface area contributed by atoms with Gasteiger partial charge in [0.15, 0.2) is 0 Å². The molecule has 1 aromatic rings. The second-order valence-corrected chi connectivity index (χ2v) is 4.79. The van der Waals surface area contributed by atoms with Crippen molar-refractivity contribution in [2.75, 3.05) is 37.8 Å². The summed E-state index contributed by atoms with van der Waals surface area (Å²) in [6.45, 7) is 3.14. The van der Waals surface area contributed by atoms with Crippen molar-refractivity contribution in [2.24, 2.45) is 0 Å². The topological polar surface area (TPSA) is 49.6 Å². The van der Waals surface area contributed by atoms with E-state index in [4.69, 9.17) is 17.3 Å². The minimum atomic E-state index is 0.0443. The van der Waals surface area contributed by atoms with Crippen molar-refractivity contribution in [3.63, 3.8) is 0 Å². The number of nitrogens with two attached hydrogens (primary N) is 1. The predicted octanol–water partition coefficient (Wildman–Crippen LogP) is 2.23. The summed E-state index contributed by atoms with van der Waals surface area (Å²) in [5.74, 6) is 0.0443. The summed E-state index contributed by atoms with van der Waals surface area (Å²) < 4.78 is 0. The standard InChI is InChI=1S/C13H20ClN3O/c1-4-8-17(9-12(18)16(2)3)11-7-5-6-10(14)13(11)15/h5-7H,4,8-9,15H2,1-3H3. The number of hydrogen-bond acceptors (Lipinski definition) is 3. The average molecular weight is 270 g/mol. The summed E-state index contributed by atoms with van der Waals surface area (Å²) in [7, 11) is 3.49. The minimum Gasteiger partial charge on any atom is -0.396 e. The van der Waals surface area contributed by atoms with Gasteiger partial charge in [0.2, 0.25) is 5.91 Å². The number of hydrogen-bond donors (Lipinski definition) is 1. The molecule has 100 valence electrons. The molecule has 0 bridgehead atoms. The second kappa shape index (κ2) is 6.50. The lowest BCUT2D eigenvalue weighted by atomic mass is 10.2. The Morgan fingerprint density at radius 1 is 1.39 bits per heavy atom. The first-order chi connectivity index (χ1) is 8.47. The van der Waals surface area contributed by atoms with Gasteiger partial charge >= 0.3 is 0 Å². The molecule has 0 saturated carbocycles. The molecule has 0 aromatic heterocycles. The molecule has 1 aromatic carbocycles. The highest BCUT2D eigenvalue weighted by molar-refractivity contribution is 6.33. The van der Waals surface area contributed by atoms with Crippen LogP contribution in [0.25, 0.3) is 0 Å². The maximum absolute atomic E-state index is 11.8. The molecule has 18 heavy (non-hydrogen) atoms. The van der Waals surface area contributed by atoms with Gasteiger partial charge in [0.25, 0.3) is 0 Å². The number of amides is 1. The van der Waals surface area contributed by atoms with E-state index < -0.39 is 0 Å². The van der Waals surface area contributed by atoms with E-state index in [-0.39, 0.29) is 5.91 Å². The third-order valence-corrected chi connectivity index (χ3v) is 3.02. The van der Waals surface area contributed by atoms with E-state index in [0.29, 0.717) is 17.3 Å². The number of nitrogen functional groups attached to an aromatic ring is 1. The zero-order valence-corrected chi connectivity index (χ0v) is 11.9. The van der Waals surface area contributed by atoms with Gasteiger partial charge in [-0.3, -0.25) is 4.79 Å². The zero-order valence-electron chi connectivity index (χ0n) is 11.1. The van der Waals surface area contributed by atoms with Crippen LogP contribution in [0.4, 0.5) is 11.4 Å². The van der Waals surface area contributed by atoms with Crippen LogP contribution in [0, 0.1) is 0 Å². The fourth-order valence-corrected chi connectivity index (χ4v) is 1.83. The number of likely N-dealkylation sites (N-methyl/N-ethyl adjacent to an activating group) is 1. The SMILES string of the molecule is CCCN(CC(=O)N(C)C)c1cccc(Cl)c1N. The summed E-state index contributed by atoms with van der Waals surface area (Å²) in [4.78, 5) is 15.3. The number of nitrogens with zero attached hydrogens (tertiary/aromatic N) is 2. The molecule has 0 aliphatic rings. The monoisotopic (exact) mass is 269 g/mol. The summed E-state index contributed by atoms with van der Waals surface area (Å²) in [5, 5.41) is 0.519. The first-order valence-corrected chi connectivity index (χ1v) is 6.34. The zero-order chi connectivity index (χ0) is 13.7. The Morgan fingerprint density at radius 2 is 2.06 bits per heavy atom. The van der Waals surface area contributed by atoms with Crippen molar-refractivity contribution in [2.45, 2.75) is 13.3 Å². The molecule has 1 amide bonds. The number of anilines is 2. The Bertz CT molecular complexity index is 421.